The van der Waals surface area contributed by atoms with Gasteiger partial charge in [0.1, 0.15) is 5.02 Å². The van der Waals surface area contributed by atoms with Gasteiger partial charge in [-0.2, -0.15) is 10.1 Å². The maximum absolute atomic E-state index is 6.14. The molecule has 0 unspecified atom stereocenters. The zero-order valence-electron chi connectivity index (χ0n) is 11.9. The average molecular weight is 295 g/mol. The van der Waals surface area contributed by atoms with E-state index in [1.54, 1.807) is 10.9 Å². The second kappa shape index (κ2) is 6.56. The summed E-state index contributed by atoms with van der Waals surface area (Å²) in [7, 11) is 1.89. The fraction of sp³-hybridized carbons (Fsp3) is 0.462. The van der Waals surface area contributed by atoms with Crippen LogP contribution in [-0.4, -0.2) is 26.3 Å². The lowest BCUT2D eigenvalue weighted by molar-refractivity contribution is 0.746. The first kappa shape index (κ1) is 14.6. The van der Waals surface area contributed by atoms with E-state index < -0.39 is 0 Å². The molecule has 6 nitrogen and oxygen atoms in total. The van der Waals surface area contributed by atoms with Crippen LogP contribution in [0.5, 0.6) is 0 Å². The van der Waals surface area contributed by atoms with Gasteiger partial charge in [-0.15, -0.1) is 0 Å². The van der Waals surface area contributed by atoms with E-state index in [4.69, 9.17) is 11.6 Å². The number of aromatic nitrogens is 4. The van der Waals surface area contributed by atoms with Gasteiger partial charge in [0.05, 0.1) is 17.6 Å². The standard InChI is InChI=1S/C13H19ClN6/c1-4-6-15-13-16-7-9(14)12(18-13)17-11-8-20(3)19-10(11)5-2/h7-8H,4-6H2,1-3H3,(H2,15,16,17,18). The van der Waals surface area contributed by atoms with Crippen LogP contribution in [0.4, 0.5) is 17.5 Å². The minimum atomic E-state index is 0.484. The highest BCUT2D eigenvalue weighted by Crippen LogP contribution is 2.25. The zero-order chi connectivity index (χ0) is 14.5. The number of hydrogen-bond acceptors (Lipinski definition) is 5. The number of nitrogens with one attached hydrogen (secondary N) is 2. The number of anilines is 3. The second-order valence-electron chi connectivity index (χ2n) is 4.46. The Bertz CT molecular complexity index is 580. The van der Waals surface area contributed by atoms with Gasteiger partial charge in [0.2, 0.25) is 5.95 Å². The van der Waals surface area contributed by atoms with Crippen molar-refractivity contribution in [1.82, 2.24) is 19.7 Å². The molecule has 0 aliphatic rings. The summed E-state index contributed by atoms with van der Waals surface area (Å²) in [4.78, 5) is 8.54. The number of halogens is 1. The first-order valence-electron chi connectivity index (χ1n) is 6.70. The first-order valence-corrected chi connectivity index (χ1v) is 7.07. The molecule has 108 valence electrons. The van der Waals surface area contributed by atoms with Crippen LogP contribution in [0.1, 0.15) is 26.0 Å². The van der Waals surface area contributed by atoms with Crippen molar-refractivity contribution in [3.05, 3.63) is 23.1 Å². The van der Waals surface area contributed by atoms with E-state index in [0.29, 0.717) is 16.8 Å². The first-order chi connectivity index (χ1) is 9.63. The molecule has 0 aromatic carbocycles. The molecule has 2 aromatic rings. The molecule has 0 aliphatic heterocycles. The van der Waals surface area contributed by atoms with Gasteiger partial charge in [-0.25, -0.2) is 4.98 Å². The molecule has 7 heteroatoms. The number of rotatable bonds is 6. The largest absolute Gasteiger partial charge is 0.354 e. The van der Waals surface area contributed by atoms with Gasteiger partial charge in [0, 0.05) is 19.8 Å². The third-order valence-electron chi connectivity index (χ3n) is 2.77. The third kappa shape index (κ3) is 3.39. The van der Waals surface area contributed by atoms with Gasteiger partial charge in [0.25, 0.3) is 0 Å². The van der Waals surface area contributed by atoms with Crippen molar-refractivity contribution in [2.75, 3.05) is 17.2 Å². The molecular weight excluding hydrogens is 276 g/mol. The molecule has 0 aliphatic carbocycles. The van der Waals surface area contributed by atoms with E-state index in [1.165, 1.54) is 0 Å². The molecular formula is C13H19ClN6. The molecule has 20 heavy (non-hydrogen) atoms. The predicted molar refractivity (Wildman–Crippen MR) is 81.7 cm³/mol. The SMILES string of the molecule is CCCNc1ncc(Cl)c(Nc2cn(C)nc2CC)n1. The Hall–Kier alpha value is -1.82. The van der Waals surface area contributed by atoms with E-state index in [0.717, 1.165) is 30.8 Å². The van der Waals surface area contributed by atoms with Gasteiger partial charge in [0.15, 0.2) is 5.82 Å². The maximum atomic E-state index is 6.14. The van der Waals surface area contributed by atoms with E-state index in [2.05, 4.69) is 39.5 Å². The summed E-state index contributed by atoms with van der Waals surface area (Å²) in [5.74, 6) is 1.16. The molecule has 0 saturated heterocycles. The molecule has 0 radical (unpaired) electrons. The van der Waals surface area contributed by atoms with Crippen LogP contribution in [0.25, 0.3) is 0 Å². The Morgan fingerprint density at radius 2 is 2.15 bits per heavy atom. The topological polar surface area (TPSA) is 67.7 Å². The van der Waals surface area contributed by atoms with Crippen molar-refractivity contribution in [3.63, 3.8) is 0 Å². The quantitative estimate of drug-likeness (QED) is 0.857. The Morgan fingerprint density at radius 1 is 1.35 bits per heavy atom. The van der Waals surface area contributed by atoms with Gasteiger partial charge >= 0.3 is 0 Å². The zero-order valence-corrected chi connectivity index (χ0v) is 12.7. The normalized spacial score (nSPS) is 10.6. The van der Waals surface area contributed by atoms with Gasteiger partial charge < -0.3 is 10.6 Å². The maximum Gasteiger partial charge on any atom is 0.224 e. The summed E-state index contributed by atoms with van der Waals surface area (Å²) in [6.07, 6.45) is 5.36. The van der Waals surface area contributed by atoms with Crippen LogP contribution >= 0.6 is 11.6 Å². The van der Waals surface area contributed by atoms with Crippen molar-refractivity contribution in [2.24, 2.45) is 7.05 Å². The van der Waals surface area contributed by atoms with Crippen molar-refractivity contribution >= 4 is 29.1 Å². The summed E-state index contributed by atoms with van der Waals surface area (Å²) < 4.78 is 1.77. The highest BCUT2D eigenvalue weighted by atomic mass is 35.5. The lowest BCUT2D eigenvalue weighted by Crippen LogP contribution is -2.06. The lowest BCUT2D eigenvalue weighted by Gasteiger charge is -2.09. The van der Waals surface area contributed by atoms with Crippen molar-refractivity contribution in [1.29, 1.82) is 0 Å². The van der Waals surface area contributed by atoms with E-state index in [-0.39, 0.29) is 0 Å². The van der Waals surface area contributed by atoms with E-state index in [1.807, 2.05) is 13.2 Å². The van der Waals surface area contributed by atoms with Crippen LogP contribution in [0.2, 0.25) is 5.02 Å². The van der Waals surface area contributed by atoms with E-state index in [9.17, 15) is 0 Å². The van der Waals surface area contributed by atoms with Crippen LogP contribution < -0.4 is 10.6 Å². The average Bonchev–Trinajstić information content (AvgIpc) is 2.79. The second-order valence-corrected chi connectivity index (χ2v) is 4.87. The number of hydrogen-bond donors (Lipinski definition) is 2. The molecule has 0 spiro atoms. The molecule has 2 aromatic heterocycles. The minimum Gasteiger partial charge on any atom is -0.354 e. The molecule has 2 N–H and O–H groups in total. The van der Waals surface area contributed by atoms with Crippen LogP contribution in [0, 0.1) is 0 Å². The highest BCUT2D eigenvalue weighted by Gasteiger charge is 2.10. The molecule has 2 rings (SSSR count). The monoisotopic (exact) mass is 294 g/mol. The van der Waals surface area contributed by atoms with Gasteiger partial charge in [-0.05, 0) is 12.8 Å². The van der Waals surface area contributed by atoms with Crippen LogP contribution in [0.3, 0.4) is 0 Å². The van der Waals surface area contributed by atoms with Crippen molar-refractivity contribution < 1.29 is 0 Å². The molecule has 2 heterocycles. The highest BCUT2D eigenvalue weighted by molar-refractivity contribution is 6.32. The Labute approximate surface area is 123 Å². The summed E-state index contributed by atoms with van der Waals surface area (Å²) in [5.41, 5.74) is 1.89. The third-order valence-corrected chi connectivity index (χ3v) is 3.05. The summed E-state index contributed by atoms with van der Waals surface area (Å²) in [6, 6.07) is 0. The van der Waals surface area contributed by atoms with Crippen LogP contribution in [-0.2, 0) is 13.5 Å². The Balaban J connectivity index is 2.23. The summed E-state index contributed by atoms with van der Waals surface area (Å²) >= 11 is 6.14. The summed E-state index contributed by atoms with van der Waals surface area (Å²) in [6.45, 7) is 4.97. The Morgan fingerprint density at radius 3 is 2.85 bits per heavy atom. The lowest BCUT2D eigenvalue weighted by atomic mass is 10.3. The van der Waals surface area contributed by atoms with Crippen molar-refractivity contribution in [2.45, 2.75) is 26.7 Å². The van der Waals surface area contributed by atoms with E-state index >= 15 is 0 Å². The predicted octanol–water partition coefficient (Wildman–Crippen LogP) is 2.99. The number of nitrogens with zero attached hydrogens (tertiary/aromatic N) is 4. The van der Waals surface area contributed by atoms with Crippen LogP contribution in [0.15, 0.2) is 12.4 Å². The van der Waals surface area contributed by atoms with Gasteiger partial charge in [-0.3, -0.25) is 4.68 Å². The molecule has 0 atom stereocenters. The molecule has 0 amide bonds. The van der Waals surface area contributed by atoms with Gasteiger partial charge in [-0.1, -0.05) is 25.4 Å². The van der Waals surface area contributed by atoms with Crippen molar-refractivity contribution in [3.8, 4) is 0 Å². The minimum absolute atomic E-state index is 0.484. The fourth-order valence-corrected chi connectivity index (χ4v) is 1.94. The Kier molecular flexibility index (Phi) is 4.79. The smallest absolute Gasteiger partial charge is 0.224 e. The number of aryl methyl sites for hydroxylation is 2. The summed E-state index contributed by atoms with van der Waals surface area (Å²) in [5, 5.41) is 11.2. The molecule has 0 bridgehead atoms. The fourth-order valence-electron chi connectivity index (χ4n) is 1.80. The molecule has 0 fully saturated rings. The molecule has 0 saturated carbocycles.